The van der Waals surface area contributed by atoms with Gasteiger partial charge in [-0.2, -0.15) is 0 Å². The van der Waals surface area contributed by atoms with Crippen LogP contribution >= 0.6 is 15.9 Å². The van der Waals surface area contributed by atoms with E-state index in [2.05, 4.69) is 27.8 Å². The molecule has 1 saturated carbocycles. The van der Waals surface area contributed by atoms with Crippen molar-refractivity contribution >= 4 is 27.3 Å². The first kappa shape index (κ1) is 10.7. The van der Waals surface area contributed by atoms with Gasteiger partial charge in [0.2, 0.25) is 0 Å². The summed E-state index contributed by atoms with van der Waals surface area (Å²) < 4.78 is 13.8. The van der Waals surface area contributed by atoms with Gasteiger partial charge >= 0.3 is 0 Å². The topological polar surface area (TPSA) is 29.3 Å². The minimum Gasteiger partial charge on any atom is -0.397 e. The summed E-state index contributed by atoms with van der Waals surface area (Å²) in [6.07, 6.45) is 2.37. The first-order valence-electron chi connectivity index (χ1n) is 5.14. The molecule has 0 unspecified atom stereocenters. The Hall–Kier alpha value is -0.770. The SMILES string of the molecule is CCN(c1cc(F)c(Br)cc1N)C1CC1. The third-order valence-corrected chi connectivity index (χ3v) is 3.32. The lowest BCUT2D eigenvalue weighted by atomic mass is 10.2. The zero-order valence-corrected chi connectivity index (χ0v) is 10.2. The van der Waals surface area contributed by atoms with Crippen LogP contribution in [0, 0.1) is 5.82 Å². The fraction of sp³-hybridized carbons (Fsp3) is 0.455. The first-order valence-corrected chi connectivity index (χ1v) is 5.94. The molecule has 1 aromatic carbocycles. The monoisotopic (exact) mass is 272 g/mol. The lowest BCUT2D eigenvalue weighted by Crippen LogP contribution is -2.26. The largest absolute Gasteiger partial charge is 0.397 e. The summed E-state index contributed by atoms with van der Waals surface area (Å²) in [5, 5.41) is 0. The van der Waals surface area contributed by atoms with Crippen molar-refractivity contribution in [1.82, 2.24) is 0 Å². The summed E-state index contributed by atoms with van der Waals surface area (Å²) >= 11 is 3.13. The maximum atomic E-state index is 13.4. The second kappa shape index (κ2) is 4.00. The third-order valence-electron chi connectivity index (χ3n) is 2.71. The van der Waals surface area contributed by atoms with Crippen molar-refractivity contribution in [1.29, 1.82) is 0 Å². The summed E-state index contributed by atoms with van der Waals surface area (Å²) in [4.78, 5) is 2.17. The van der Waals surface area contributed by atoms with E-state index >= 15 is 0 Å². The molecule has 0 aromatic heterocycles. The fourth-order valence-electron chi connectivity index (χ4n) is 1.81. The molecule has 1 aliphatic carbocycles. The van der Waals surface area contributed by atoms with Gasteiger partial charge in [0.05, 0.1) is 15.8 Å². The van der Waals surface area contributed by atoms with Crippen LogP contribution < -0.4 is 10.6 Å². The summed E-state index contributed by atoms with van der Waals surface area (Å²) in [5.74, 6) is -0.252. The molecule has 2 N–H and O–H groups in total. The maximum absolute atomic E-state index is 13.4. The normalized spacial score (nSPS) is 15.4. The van der Waals surface area contributed by atoms with Crippen molar-refractivity contribution in [2.24, 2.45) is 0 Å². The van der Waals surface area contributed by atoms with Crippen LogP contribution in [0.5, 0.6) is 0 Å². The fourth-order valence-corrected chi connectivity index (χ4v) is 2.17. The Balaban J connectivity index is 2.37. The molecule has 0 amide bonds. The summed E-state index contributed by atoms with van der Waals surface area (Å²) in [5.41, 5.74) is 7.35. The maximum Gasteiger partial charge on any atom is 0.139 e. The number of hydrogen-bond donors (Lipinski definition) is 1. The van der Waals surface area contributed by atoms with E-state index in [1.165, 1.54) is 18.9 Å². The number of anilines is 2. The zero-order valence-electron chi connectivity index (χ0n) is 8.63. The van der Waals surface area contributed by atoms with Crippen LogP contribution in [0.1, 0.15) is 19.8 Å². The van der Waals surface area contributed by atoms with Crippen molar-refractivity contribution in [3.05, 3.63) is 22.4 Å². The van der Waals surface area contributed by atoms with Crippen LogP contribution in [0.3, 0.4) is 0 Å². The molecule has 0 bridgehead atoms. The van der Waals surface area contributed by atoms with Crippen LogP contribution in [0.25, 0.3) is 0 Å². The predicted molar refractivity (Wildman–Crippen MR) is 64.6 cm³/mol. The van der Waals surface area contributed by atoms with Gasteiger partial charge in [-0.15, -0.1) is 0 Å². The van der Waals surface area contributed by atoms with Crippen LogP contribution in [-0.4, -0.2) is 12.6 Å². The van der Waals surface area contributed by atoms with Crippen LogP contribution in [0.4, 0.5) is 15.8 Å². The van der Waals surface area contributed by atoms with Crippen molar-refractivity contribution in [2.75, 3.05) is 17.2 Å². The Kier molecular flexibility index (Phi) is 2.87. The van der Waals surface area contributed by atoms with Crippen LogP contribution in [0.15, 0.2) is 16.6 Å². The second-order valence-corrected chi connectivity index (χ2v) is 4.70. The van der Waals surface area contributed by atoms with Gasteiger partial charge in [-0.1, -0.05) is 0 Å². The number of rotatable bonds is 3. The van der Waals surface area contributed by atoms with E-state index in [9.17, 15) is 4.39 Å². The molecular formula is C11H14BrFN2. The third kappa shape index (κ3) is 2.09. The van der Waals surface area contributed by atoms with E-state index in [1.807, 2.05) is 0 Å². The Morgan fingerprint density at radius 3 is 2.73 bits per heavy atom. The lowest BCUT2D eigenvalue weighted by Gasteiger charge is -2.24. The van der Waals surface area contributed by atoms with E-state index in [0.717, 1.165) is 12.2 Å². The molecule has 0 aliphatic heterocycles. The van der Waals surface area contributed by atoms with Gasteiger partial charge in [-0.25, -0.2) is 4.39 Å². The van der Waals surface area contributed by atoms with Crippen molar-refractivity contribution in [2.45, 2.75) is 25.8 Å². The Labute approximate surface area is 97.4 Å². The van der Waals surface area contributed by atoms with Gasteiger partial charge in [0, 0.05) is 18.7 Å². The minimum absolute atomic E-state index is 0.252. The molecular weight excluding hydrogens is 259 g/mol. The van der Waals surface area contributed by atoms with Crippen molar-refractivity contribution < 1.29 is 4.39 Å². The Bertz CT molecular complexity index is 377. The van der Waals surface area contributed by atoms with Crippen LogP contribution in [0.2, 0.25) is 0 Å². The minimum atomic E-state index is -0.252. The zero-order chi connectivity index (χ0) is 11.0. The summed E-state index contributed by atoms with van der Waals surface area (Å²) in [6.45, 7) is 2.94. The van der Waals surface area contributed by atoms with E-state index in [0.29, 0.717) is 16.2 Å². The van der Waals surface area contributed by atoms with Gasteiger partial charge < -0.3 is 10.6 Å². The predicted octanol–water partition coefficient (Wildman–Crippen LogP) is 3.16. The molecule has 0 heterocycles. The van der Waals surface area contributed by atoms with Crippen LogP contribution in [-0.2, 0) is 0 Å². The van der Waals surface area contributed by atoms with E-state index in [4.69, 9.17) is 5.73 Å². The summed E-state index contributed by atoms with van der Waals surface area (Å²) in [6, 6.07) is 3.70. The average molecular weight is 273 g/mol. The molecule has 2 rings (SSSR count). The van der Waals surface area contributed by atoms with Crippen molar-refractivity contribution in [3.63, 3.8) is 0 Å². The van der Waals surface area contributed by atoms with E-state index < -0.39 is 0 Å². The molecule has 4 heteroatoms. The molecule has 1 aliphatic rings. The molecule has 15 heavy (non-hydrogen) atoms. The summed E-state index contributed by atoms with van der Waals surface area (Å²) in [7, 11) is 0. The molecule has 0 spiro atoms. The van der Waals surface area contributed by atoms with Gasteiger partial charge in [0.25, 0.3) is 0 Å². The number of nitrogens with two attached hydrogens (primary N) is 1. The Morgan fingerprint density at radius 1 is 1.53 bits per heavy atom. The number of nitrogen functional groups attached to an aromatic ring is 1. The molecule has 1 aromatic rings. The van der Waals surface area contributed by atoms with E-state index in [-0.39, 0.29) is 5.82 Å². The van der Waals surface area contributed by atoms with E-state index in [1.54, 1.807) is 6.07 Å². The molecule has 2 nitrogen and oxygen atoms in total. The highest BCUT2D eigenvalue weighted by Gasteiger charge is 2.29. The highest BCUT2D eigenvalue weighted by Crippen LogP contribution is 2.36. The number of halogens is 2. The van der Waals surface area contributed by atoms with Gasteiger partial charge in [-0.05, 0) is 41.8 Å². The molecule has 0 atom stereocenters. The molecule has 0 radical (unpaired) electrons. The lowest BCUT2D eigenvalue weighted by molar-refractivity contribution is 0.620. The highest BCUT2D eigenvalue weighted by atomic mass is 79.9. The molecule has 1 fully saturated rings. The first-order chi connectivity index (χ1) is 7.13. The van der Waals surface area contributed by atoms with Gasteiger partial charge in [-0.3, -0.25) is 0 Å². The number of nitrogens with zero attached hydrogens (tertiary/aromatic N) is 1. The Morgan fingerprint density at radius 2 is 2.20 bits per heavy atom. The number of benzene rings is 1. The standard InChI is InChI=1S/C11H14BrFN2/c1-2-15(7-3-4-7)11-6-9(13)8(12)5-10(11)14/h5-7H,2-4,14H2,1H3. The second-order valence-electron chi connectivity index (χ2n) is 3.84. The average Bonchev–Trinajstić information content (AvgIpc) is 2.99. The molecule has 0 saturated heterocycles. The van der Waals surface area contributed by atoms with Gasteiger partial charge in [0.15, 0.2) is 0 Å². The van der Waals surface area contributed by atoms with Gasteiger partial charge in [0.1, 0.15) is 5.82 Å². The molecule has 82 valence electrons. The van der Waals surface area contributed by atoms with Crippen molar-refractivity contribution in [3.8, 4) is 0 Å². The number of hydrogen-bond acceptors (Lipinski definition) is 2. The highest BCUT2D eigenvalue weighted by molar-refractivity contribution is 9.10. The quantitative estimate of drug-likeness (QED) is 0.857. The smallest absolute Gasteiger partial charge is 0.139 e.